The molecule has 2 aromatic carbocycles. The Morgan fingerprint density at radius 3 is 2.70 bits per heavy atom. The number of nitro benzene ring substituents is 1. The van der Waals surface area contributed by atoms with Crippen LogP contribution >= 0.6 is 11.6 Å². The summed E-state index contributed by atoms with van der Waals surface area (Å²) in [6.45, 7) is 0. The lowest BCUT2D eigenvalue weighted by Crippen LogP contribution is -1.89. The van der Waals surface area contributed by atoms with Crippen LogP contribution in [0.4, 0.5) is 17.4 Å². The Balaban J connectivity index is 2.00. The minimum atomic E-state index is -0.561. The minimum absolute atomic E-state index is 0.0297. The van der Waals surface area contributed by atoms with Gasteiger partial charge in [0.05, 0.1) is 11.0 Å². The van der Waals surface area contributed by atoms with Gasteiger partial charge in [-0.1, -0.05) is 29.8 Å². The number of nitrogens with one attached hydrogen (secondary N) is 1. The van der Waals surface area contributed by atoms with Crippen molar-refractivity contribution in [2.45, 2.75) is 0 Å². The molecule has 6 nitrogen and oxygen atoms in total. The van der Waals surface area contributed by atoms with Gasteiger partial charge in [-0.25, -0.2) is 0 Å². The van der Waals surface area contributed by atoms with Gasteiger partial charge in [0.1, 0.15) is 10.5 Å². The number of oxazole rings is 1. The molecule has 0 radical (unpaired) electrons. The number of halogens is 1. The zero-order chi connectivity index (χ0) is 14.1. The molecule has 3 rings (SSSR count). The van der Waals surface area contributed by atoms with Crippen LogP contribution in [-0.4, -0.2) is 9.91 Å². The predicted octanol–water partition coefficient (Wildman–Crippen LogP) is 4.13. The molecule has 1 N–H and O–H groups in total. The Bertz CT molecular complexity index is 786. The number of nitro groups is 1. The van der Waals surface area contributed by atoms with Crippen molar-refractivity contribution in [2.24, 2.45) is 0 Å². The fourth-order valence-electron chi connectivity index (χ4n) is 1.78. The first-order valence-electron chi connectivity index (χ1n) is 5.70. The smallest absolute Gasteiger partial charge is 0.300 e. The molecule has 7 heteroatoms. The fraction of sp³-hybridized carbons (Fsp3) is 0. The van der Waals surface area contributed by atoms with E-state index in [0.717, 1.165) is 5.69 Å². The zero-order valence-corrected chi connectivity index (χ0v) is 10.8. The Hall–Kier alpha value is -2.60. The molecule has 1 heterocycles. The van der Waals surface area contributed by atoms with E-state index in [2.05, 4.69) is 10.3 Å². The fourth-order valence-corrected chi connectivity index (χ4v) is 2.00. The van der Waals surface area contributed by atoms with E-state index in [4.69, 9.17) is 16.0 Å². The molecule has 20 heavy (non-hydrogen) atoms. The van der Waals surface area contributed by atoms with Crippen LogP contribution in [0, 0.1) is 10.1 Å². The van der Waals surface area contributed by atoms with Gasteiger partial charge in [0, 0.05) is 5.69 Å². The first-order valence-corrected chi connectivity index (χ1v) is 6.08. The molecular formula is C13H8ClN3O3. The number of aromatic nitrogens is 1. The van der Waals surface area contributed by atoms with Crippen molar-refractivity contribution in [3.63, 3.8) is 0 Å². The van der Waals surface area contributed by atoms with E-state index in [1.165, 1.54) is 12.1 Å². The number of hydrogen-bond acceptors (Lipinski definition) is 5. The van der Waals surface area contributed by atoms with Crippen LogP contribution in [0.5, 0.6) is 0 Å². The summed E-state index contributed by atoms with van der Waals surface area (Å²) in [5.74, 6) is 0. The van der Waals surface area contributed by atoms with Crippen LogP contribution in [0.3, 0.4) is 0 Å². The molecule has 0 aliphatic rings. The maximum Gasteiger partial charge on any atom is 0.300 e. The molecule has 0 fully saturated rings. The van der Waals surface area contributed by atoms with Gasteiger partial charge in [-0.2, -0.15) is 4.98 Å². The molecule has 0 aliphatic heterocycles. The summed E-state index contributed by atoms with van der Waals surface area (Å²) in [6.07, 6.45) is 0. The van der Waals surface area contributed by atoms with Crippen molar-refractivity contribution in [2.75, 3.05) is 5.32 Å². The number of rotatable bonds is 3. The van der Waals surface area contributed by atoms with Crippen LogP contribution in [-0.2, 0) is 0 Å². The average Bonchev–Trinajstić information content (AvgIpc) is 2.79. The SMILES string of the molecule is O=[N+]([O-])c1cc2oc(Nc3ccccc3)nc2cc1Cl. The van der Waals surface area contributed by atoms with E-state index < -0.39 is 4.92 Å². The van der Waals surface area contributed by atoms with Gasteiger partial charge in [0.25, 0.3) is 11.7 Å². The van der Waals surface area contributed by atoms with Crippen LogP contribution < -0.4 is 5.32 Å². The van der Waals surface area contributed by atoms with Crippen molar-refractivity contribution < 1.29 is 9.34 Å². The average molecular weight is 290 g/mol. The molecule has 0 amide bonds. The van der Waals surface area contributed by atoms with Gasteiger partial charge in [-0.05, 0) is 18.2 Å². The molecule has 1 aromatic heterocycles. The quantitative estimate of drug-likeness (QED) is 0.579. The Morgan fingerprint density at radius 2 is 2.00 bits per heavy atom. The van der Waals surface area contributed by atoms with Crippen molar-refractivity contribution in [1.82, 2.24) is 4.98 Å². The summed E-state index contributed by atoms with van der Waals surface area (Å²) < 4.78 is 5.43. The van der Waals surface area contributed by atoms with Crippen LogP contribution in [0.25, 0.3) is 11.1 Å². The largest absolute Gasteiger partial charge is 0.423 e. The van der Waals surface area contributed by atoms with E-state index >= 15 is 0 Å². The number of para-hydroxylation sites is 1. The maximum atomic E-state index is 10.8. The lowest BCUT2D eigenvalue weighted by Gasteiger charge is -1.98. The van der Waals surface area contributed by atoms with Crippen LogP contribution in [0.15, 0.2) is 46.9 Å². The topological polar surface area (TPSA) is 81.2 Å². The van der Waals surface area contributed by atoms with Gasteiger partial charge in [0.15, 0.2) is 5.58 Å². The van der Waals surface area contributed by atoms with Gasteiger partial charge in [-0.3, -0.25) is 10.1 Å². The molecule has 0 aliphatic carbocycles. The van der Waals surface area contributed by atoms with E-state index in [9.17, 15) is 10.1 Å². The highest BCUT2D eigenvalue weighted by molar-refractivity contribution is 6.33. The van der Waals surface area contributed by atoms with Crippen molar-refractivity contribution in [1.29, 1.82) is 0 Å². The van der Waals surface area contributed by atoms with Crippen molar-refractivity contribution >= 4 is 40.1 Å². The minimum Gasteiger partial charge on any atom is -0.423 e. The molecule has 0 saturated heterocycles. The van der Waals surface area contributed by atoms with Gasteiger partial charge >= 0.3 is 0 Å². The number of benzene rings is 2. The highest BCUT2D eigenvalue weighted by Gasteiger charge is 2.17. The second kappa shape index (κ2) is 4.82. The van der Waals surface area contributed by atoms with Crippen LogP contribution in [0.2, 0.25) is 5.02 Å². The third kappa shape index (κ3) is 2.28. The molecule has 3 aromatic rings. The second-order valence-corrected chi connectivity index (χ2v) is 4.45. The third-order valence-electron chi connectivity index (χ3n) is 2.68. The lowest BCUT2D eigenvalue weighted by atomic mass is 10.3. The highest BCUT2D eigenvalue weighted by atomic mass is 35.5. The normalized spacial score (nSPS) is 10.7. The predicted molar refractivity (Wildman–Crippen MR) is 75.4 cm³/mol. The number of hydrogen-bond donors (Lipinski definition) is 1. The standard InChI is InChI=1S/C13H8ClN3O3/c14-9-6-10-12(7-11(9)17(18)19)20-13(16-10)15-8-4-2-1-3-5-8/h1-7H,(H,15,16). The Labute approximate surface area is 118 Å². The molecule has 0 saturated carbocycles. The summed E-state index contributed by atoms with van der Waals surface area (Å²) in [4.78, 5) is 14.4. The number of fused-ring (bicyclic) bond motifs is 1. The summed E-state index contributed by atoms with van der Waals surface area (Å²) in [6, 6.07) is 12.3. The molecule has 0 atom stereocenters. The number of anilines is 2. The molecular weight excluding hydrogens is 282 g/mol. The zero-order valence-electron chi connectivity index (χ0n) is 10.0. The monoisotopic (exact) mass is 289 g/mol. The Kier molecular flexibility index (Phi) is 3.00. The molecule has 0 bridgehead atoms. The van der Waals surface area contributed by atoms with E-state index in [1.807, 2.05) is 30.3 Å². The number of nitrogens with zero attached hydrogens (tertiary/aromatic N) is 2. The first-order chi connectivity index (χ1) is 9.63. The van der Waals surface area contributed by atoms with Crippen LogP contribution in [0.1, 0.15) is 0 Å². The lowest BCUT2D eigenvalue weighted by molar-refractivity contribution is -0.384. The van der Waals surface area contributed by atoms with Crippen molar-refractivity contribution in [3.8, 4) is 0 Å². The third-order valence-corrected chi connectivity index (χ3v) is 2.98. The summed E-state index contributed by atoms with van der Waals surface area (Å²) in [7, 11) is 0. The van der Waals surface area contributed by atoms with E-state index in [1.54, 1.807) is 0 Å². The first kappa shape index (κ1) is 12.4. The van der Waals surface area contributed by atoms with Gasteiger partial charge in [0.2, 0.25) is 0 Å². The summed E-state index contributed by atoms with van der Waals surface area (Å²) in [5.41, 5.74) is 1.36. The molecule has 100 valence electrons. The van der Waals surface area contributed by atoms with Gasteiger partial charge < -0.3 is 9.73 Å². The molecule has 0 unspecified atom stereocenters. The summed E-state index contributed by atoms with van der Waals surface area (Å²) >= 11 is 5.82. The summed E-state index contributed by atoms with van der Waals surface area (Å²) in [5, 5.41) is 13.8. The highest BCUT2D eigenvalue weighted by Crippen LogP contribution is 2.31. The van der Waals surface area contributed by atoms with E-state index in [0.29, 0.717) is 11.1 Å². The maximum absolute atomic E-state index is 10.8. The Morgan fingerprint density at radius 1 is 1.25 bits per heavy atom. The van der Waals surface area contributed by atoms with Crippen molar-refractivity contribution in [3.05, 3.63) is 57.6 Å². The second-order valence-electron chi connectivity index (χ2n) is 4.04. The van der Waals surface area contributed by atoms with Gasteiger partial charge in [-0.15, -0.1) is 0 Å². The van der Waals surface area contributed by atoms with E-state index in [-0.39, 0.29) is 16.7 Å². The molecule has 0 spiro atoms.